The fraction of sp³-hybridized carbons (Fsp3) is 0.412. The topological polar surface area (TPSA) is 66.8 Å². The van der Waals surface area contributed by atoms with E-state index in [4.69, 9.17) is 21.4 Å². The highest BCUT2D eigenvalue weighted by Crippen LogP contribution is 2.33. The number of esters is 1. The number of halogens is 1. The largest absolute Gasteiger partial charge is 0.478 e. The Morgan fingerprint density at radius 1 is 1.43 bits per heavy atom. The minimum atomic E-state index is -0.971. The average Bonchev–Trinajstić information content (AvgIpc) is 2.51. The van der Waals surface area contributed by atoms with E-state index in [1.807, 2.05) is 17.9 Å². The maximum absolute atomic E-state index is 12.3. The van der Waals surface area contributed by atoms with Crippen LogP contribution in [0.4, 0.5) is 0 Å². The number of nitrogens with zero attached hydrogens (tertiary/aromatic N) is 1. The van der Waals surface area contributed by atoms with Crippen LogP contribution >= 0.6 is 11.6 Å². The van der Waals surface area contributed by atoms with Crippen LogP contribution in [0.2, 0.25) is 5.02 Å². The van der Waals surface area contributed by atoms with E-state index in [0.29, 0.717) is 23.7 Å². The molecule has 5 nitrogen and oxygen atoms in total. The molecule has 2 rings (SSSR count). The Hall–Kier alpha value is -1.85. The quantitative estimate of drug-likeness (QED) is 0.676. The van der Waals surface area contributed by atoms with E-state index in [0.717, 1.165) is 12.0 Å². The first-order valence-corrected chi connectivity index (χ1v) is 7.81. The van der Waals surface area contributed by atoms with Gasteiger partial charge in [0.1, 0.15) is 6.04 Å². The highest BCUT2D eigenvalue weighted by atomic mass is 35.5. The normalized spacial score (nSPS) is 21.9. The van der Waals surface area contributed by atoms with Crippen LogP contribution < -0.4 is 0 Å². The van der Waals surface area contributed by atoms with Crippen LogP contribution in [0.5, 0.6) is 0 Å². The summed E-state index contributed by atoms with van der Waals surface area (Å²) in [7, 11) is 1.34. The molecule has 2 atom stereocenters. The molecule has 0 spiro atoms. The molecule has 1 saturated heterocycles. The molecular weight excluding hydrogens is 318 g/mol. The summed E-state index contributed by atoms with van der Waals surface area (Å²) in [4.78, 5) is 25.2. The second-order valence-electron chi connectivity index (χ2n) is 5.66. The zero-order valence-electron chi connectivity index (χ0n) is 13.2. The smallest absolute Gasteiger partial charge is 0.328 e. The molecule has 1 aliphatic heterocycles. The molecule has 1 aromatic rings. The second kappa shape index (κ2) is 7.62. The minimum Gasteiger partial charge on any atom is -0.478 e. The lowest BCUT2D eigenvalue weighted by Crippen LogP contribution is -2.41. The summed E-state index contributed by atoms with van der Waals surface area (Å²) >= 11 is 6.25. The first-order valence-electron chi connectivity index (χ1n) is 7.43. The Morgan fingerprint density at radius 3 is 2.74 bits per heavy atom. The van der Waals surface area contributed by atoms with Gasteiger partial charge in [-0.1, -0.05) is 36.7 Å². The van der Waals surface area contributed by atoms with Crippen molar-refractivity contribution in [1.82, 2.24) is 4.90 Å². The van der Waals surface area contributed by atoms with Crippen LogP contribution in [0.25, 0.3) is 0 Å². The van der Waals surface area contributed by atoms with E-state index in [-0.39, 0.29) is 5.92 Å². The van der Waals surface area contributed by atoms with Crippen molar-refractivity contribution in [1.29, 1.82) is 0 Å². The van der Waals surface area contributed by atoms with Crippen LogP contribution in [0.1, 0.15) is 24.9 Å². The number of methoxy groups -OCH3 is 1. The van der Waals surface area contributed by atoms with Crippen molar-refractivity contribution in [2.45, 2.75) is 19.4 Å². The minimum absolute atomic E-state index is 0.173. The first kappa shape index (κ1) is 17.5. The van der Waals surface area contributed by atoms with Crippen molar-refractivity contribution in [2.75, 3.05) is 20.2 Å². The predicted octanol–water partition coefficient (Wildman–Crippen LogP) is 2.91. The number of carboxylic acid groups (broad SMARTS) is 1. The van der Waals surface area contributed by atoms with E-state index in [1.165, 1.54) is 13.2 Å². The number of rotatable bonds is 4. The lowest BCUT2D eigenvalue weighted by Gasteiger charge is -2.37. The molecule has 0 saturated carbocycles. The summed E-state index contributed by atoms with van der Waals surface area (Å²) in [5.41, 5.74) is 1.47. The Bertz CT molecular complexity index is 629. The molecule has 6 heteroatoms. The molecule has 124 valence electrons. The SMILES string of the molecule is COC(=O)C(c1ccccc1Cl)N1CCC(C)C(=CC(=O)O)C1. The summed E-state index contributed by atoms with van der Waals surface area (Å²) < 4.78 is 4.94. The Kier molecular flexibility index (Phi) is 5.80. The van der Waals surface area contributed by atoms with Gasteiger partial charge in [-0.15, -0.1) is 0 Å². The molecule has 0 bridgehead atoms. The molecule has 0 aliphatic carbocycles. The van der Waals surface area contributed by atoms with Crippen LogP contribution in [-0.2, 0) is 14.3 Å². The van der Waals surface area contributed by atoms with Crippen molar-refractivity contribution in [2.24, 2.45) is 5.92 Å². The highest BCUT2D eigenvalue weighted by molar-refractivity contribution is 6.31. The van der Waals surface area contributed by atoms with Crippen LogP contribution in [0, 0.1) is 5.92 Å². The summed E-state index contributed by atoms with van der Waals surface area (Å²) in [5, 5.41) is 9.51. The molecule has 0 amide bonds. The van der Waals surface area contributed by atoms with E-state index < -0.39 is 18.0 Å². The number of piperidine rings is 1. The number of hydrogen-bond acceptors (Lipinski definition) is 4. The number of aliphatic carboxylic acids is 1. The lowest BCUT2D eigenvalue weighted by molar-refractivity contribution is -0.147. The first-order chi connectivity index (χ1) is 10.9. The number of carbonyl (C=O) groups is 2. The van der Waals surface area contributed by atoms with Gasteiger partial charge < -0.3 is 9.84 Å². The standard InChI is InChI=1S/C17H20ClNO4/c1-11-7-8-19(10-12(11)9-15(20)21)16(17(22)23-2)13-5-3-4-6-14(13)18/h3-6,9,11,16H,7-8,10H2,1-2H3,(H,20,21). The third-order valence-electron chi connectivity index (χ3n) is 4.17. The summed E-state index contributed by atoms with van der Waals surface area (Å²) in [6.07, 6.45) is 2.01. The van der Waals surface area contributed by atoms with Gasteiger partial charge in [-0.2, -0.15) is 0 Å². The van der Waals surface area contributed by atoms with E-state index >= 15 is 0 Å². The zero-order valence-corrected chi connectivity index (χ0v) is 13.9. The van der Waals surface area contributed by atoms with Gasteiger partial charge in [-0.25, -0.2) is 9.59 Å². The van der Waals surface area contributed by atoms with Crippen LogP contribution in [-0.4, -0.2) is 42.1 Å². The molecule has 1 aromatic carbocycles. The number of hydrogen-bond donors (Lipinski definition) is 1. The van der Waals surface area contributed by atoms with Crippen LogP contribution in [0.3, 0.4) is 0 Å². The molecular formula is C17H20ClNO4. The number of likely N-dealkylation sites (tertiary alicyclic amines) is 1. The van der Waals surface area contributed by atoms with Crippen molar-refractivity contribution in [3.05, 3.63) is 46.5 Å². The van der Waals surface area contributed by atoms with Crippen molar-refractivity contribution < 1.29 is 19.4 Å². The average molecular weight is 338 g/mol. The molecule has 1 aliphatic rings. The zero-order chi connectivity index (χ0) is 17.0. The third-order valence-corrected chi connectivity index (χ3v) is 4.51. The van der Waals surface area contributed by atoms with Gasteiger partial charge in [0.15, 0.2) is 0 Å². The van der Waals surface area contributed by atoms with E-state index in [2.05, 4.69) is 0 Å². The van der Waals surface area contributed by atoms with E-state index in [1.54, 1.807) is 18.2 Å². The molecule has 2 unspecified atom stereocenters. The number of benzene rings is 1. The number of carbonyl (C=O) groups excluding carboxylic acids is 1. The van der Waals surface area contributed by atoms with E-state index in [9.17, 15) is 9.59 Å². The fourth-order valence-corrected chi connectivity index (χ4v) is 3.10. The van der Waals surface area contributed by atoms with Gasteiger partial charge in [0, 0.05) is 24.2 Å². The summed E-state index contributed by atoms with van der Waals surface area (Å²) in [6, 6.07) is 6.50. The van der Waals surface area contributed by atoms with Gasteiger partial charge in [-0.3, -0.25) is 4.90 Å². The summed E-state index contributed by atoms with van der Waals surface area (Å²) in [6.45, 7) is 3.07. The van der Waals surface area contributed by atoms with Crippen molar-refractivity contribution in [3.63, 3.8) is 0 Å². The van der Waals surface area contributed by atoms with Gasteiger partial charge in [-0.05, 0) is 29.5 Å². The third kappa shape index (κ3) is 4.12. The maximum atomic E-state index is 12.3. The van der Waals surface area contributed by atoms with Crippen molar-refractivity contribution >= 4 is 23.5 Å². The molecule has 1 N–H and O–H groups in total. The van der Waals surface area contributed by atoms with Gasteiger partial charge >= 0.3 is 11.9 Å². The molecule has 0 radical (unpaired) electrons. The molecule has 1 heterocycles. The van der Waals surface area contributed by atoms with Crippen LogP contribution in [0.15, 0.2) is 35.9 Å². The van der Waals surface area contributed by atoms with Gasteiger partial charge in [0.05, 0.1) is 7.11 Å². The Morgan fingerprint density at radius 2 is 2.13 bits per heavy atom. The fourth-order valence-electron chi connectivity index (χ4n) is 2.86. The molecule has 23 heavy (non-hydrogen) atoms. The monoisotopic (exact) mass is 337 g/mol. The highest BCUT2D eigenvalue weighted by Gasteiger charge is 2.34. The van der Waals surface area contributed by atoms with Gasteiger partial charge in [0.25, 0.3) is 0 Å². The predicted molar refractivity (Wildman–Crippen MR) is 87.3 cm³/mol. The molecule has 0 aromatic heterocycles. The Balaban J connectivity index is 2.35. The lowest BCUT2D eigenvalue weighted by atomic mass is 9.90. The maximum Gasteiger partial charge on any atom is 0.328 e. The number of ether oxygens (including phenoxy) is 1. The van der Waals surface area contributed by atoms with Crippen molar-refractivity contribution in [3.8, 4) is 0 Å². The number of carboxylic acids is 1. The summed E-state index contributed by atoms with van der Waals surface area (Å²) in [5.74, 6) is -1.20. The van der Waals surface area contributed by atoms with Gasteiger partial charge in [0.2, 0.25) is 0 Å². The molecule has 1 fully saturated rings. The second-order valence-corrected chi connectivity index (χ2v) is 6.07. The Labute approximate surface area is 140 Å².